The van der Waals surface area contributed by atoms with Gasteiger partial charge in [0.15, 0.2) is 0 Å². The highest BCUT2D eigenvalue weighted by Gasteiger charge is 2.15. The first kappa shape index (κ1) is 15.8. The lowest BCUT2D eigenvalue weighted by Crippen LogP contribution is -2.30. The number of phenols is 1. The number of rotatable bonds is 3. The van der Waals surface area contributed by atoms with Crippen molar-refractivity contribution < 1.29 is 19.4 Å². The highest BCUT2D eigenvalue weighted by Crippen LogP contribution is 2.23. The van der Waals surface area contributed by atoms with Gasteiger partial charge in [-0.1, -0.05) is 0 Å². The topological polar surface area (TPSA) is 80.2 Å². The molecule has 20 heavy (non-hydrogen) atoms. The number of hydrazone groups is 1. The fourth-order valence-corrected chi connectivity index (χ4v) is 1.44. The third-order valence-electron chi connectivity index (χ3n) is 2.31. The molecule has 6 heteroatoms. The lowest BCUT2D eigenvalue weighted by atomic mass is 10.1. The molecule has 0 unspecified atom stereocenters. The zero-order valence-electron chi connectivity index (χ0n) is 12.4. The third kappa shape index (κ3) is 4.79. The minimum absolute atomic E-state index is 0.0246. The summed E-state index contributed by atoms with van der Waals surface area (Å²) in [6.45, 7) is 6.95. The minimum atomic E-state index is -0.648. The van der Waals surface area contributed by atoms with E-state index in [0.717, 1.165) is 0 Å². The van der Waals surface area contributed by atoms with Crippen molar-refractivity contribution in [1.82, 2.24) is 5.43 Å². The fourth-order valence-electron chi connectivity index (χ4n) is 1.44. The highest BCUT2D eigenvalue weighted by atomic mass is 16.6. The van der Waals surface area contributed by atoms with Gasteiger partial charge in [-0.2, -0.15) is 5.10 Å². The Labute approximate surface area is 118 Å². The maximum atomic E-state index is 11.5. The molecule has 1 aromatic carbocycles. The molecule has 1 rings (SSSR count). The van der Waals surface area contributed by atoms with Crippen LogP contribution in [-0.2, 0) is 4.74 Å². The molecule has 2 N–H and O–H groups in total. The summed E-state index contributed by atoms with van der Waals surface area (Å²) < 4.78 is 10.0. The number of aromatic hydroxyl groups is 1. The average Bonchev–Trinajstić information content (AvgIpc) is 2.33. The van der Waals surface area contributed by atoms with Crippen LogP contribution in [-0.4, -0.2) is 29.6 Å². The molecule has 1 amide bonds. The lowest BCUT2D eigenvalue weighted by Gasteiger charge is -2.18. The number of carbonyl (C=O) groups is 1. The number of ether oxygens (including phenoxy) is 2. The van der Waals surface area contributed by atoms with Crippen molar-refractivity contribution in [2.24, 2.45) is 5.10 Å². The van der Waals surface area contributed by atoms with E-state index in [1.807, 2.05) is 0 Å². The largest absolute Gasteiger partial charge is 0.507 e. The van der Waals surface area contributed by atoms with Crippen LogP contribution in [0.25, 0.3) is 0 Å². The second-order valence-corrected chi connectivity index (χ2v) is 5.19. The van der Waals surface area contributed by atoms with Gasteiger partial charge in [0.25, 0.3) is 0 Å². The molecule has 0 aliphatic heterocycles. The summed E-state index contributed by atoms with van der Waals surface area (Å²) in [7, 11) is 1.51. The van der Waals surface area contributed by atoms with E-state index in [1.54, 1.807) is 39.8 Å². The van der Waals surface area contributed by atoms with Crippen LogP contribution < -0.4 is 10.2 Å². The quantitative estimate of drug-likeness (QED) is 0.659. The van der Waals surface area contributed by atoms with Gasteiger partial charge in [-0.3, -0.25) is 0 Å². The third-order valence-corrected chi connectivity index (χ3v) is 2.31. The summed E-state index contributed by atoms with van der Waals surface area (Å²) in [4.78, 5) is 11.5. The highest BCUT2D eigenvalue weighted by molar-refractivity contribution is 6.01. The normalized spacial score (nSPS) is 11.9. The number of nitrogens with zero attached hydrogens (tertiary/aromatic N) is 1. The van der Waals surface area contributed by atoms with Crippen molar-refractivity contribution in [2.75, 3.05) is 7.11 Å². The zero-order valence-corrected chi connectivity index (χ0v) is 12.4. The summed E-state index contributed by atoms with van der Waals surface area (Å²) in [6, 6.07) is 4.83. The predicted molar refractivity (Wildman–Crippen MR) is 76.2 cm³/mol. The minimum Gasteiger partial charge on any atom is -0.507 e. The van der Waals surface area contributed by atoms with Crippen molar-refractivity contribution in [3.05, 3.63) is 23.8 Å². The van der Waals surface area contributed by atoms with E-state index in [1.165, 1.54) is 13.2 Å². The summed E-state index contributed by atoms with van der Waals surface area (Å²) in [5.41, 5.74) is 2.65. The Kier molecular flexibility index (Phi) is 4.96. The zero-order chi connectivity index (χ0) is 15.3. The number of carbonyl (C=O) groups excluding carboxylic acids is 1. The van der Waals surface area contributed by atoms with Gasteiger partial charge in [-0.25, -0.2) is 10.2 Å². The van der Waals surface area contributed by atoms with E-state index in [-0.39, 0.29) is 5.75 Å². The maximum Gasteiger partial charge on any atom is 0.428 e. The van der Waals surface area contributed by atoms with E-state index in [4.69, 9.17) is 9.47 Å². The van der Waals surface area contributed by atoms with E-state index < -0.39 is 11.7 Å². The molecule has 0 aliphatic carbocycles. The molecule has 0 fully saturated rings. The van der Waals surface area contributed by atoms with Gasteiger partial charge in [0.2, 0.25) is 0 Å². The van der Waals surface area contributed by atoms with Crippen LogP contribution in [0.4, 0.5) is 4.79 Å². The molecular weight excluding hydrogens is 260 g/mol. The fraction of sp³-hybridized carbons (Fsp3) is 0.429. The van der Waals surface area contributed by atoms with Crippen molar-refractivity contribution in [1.29, 1.82) is 0 Å². The monoisotopic (exact) mass is 280 g/mol. The molecule has 0 heterocycles. The first-order valence-corrected chi connectivity index (χ1v) is 6.13. The van der Waals surface area contributed by atoms with Gasteiger partial charge < -0.3 is 14.6 Å². The molecule has 0 saturated heterocycles. The molecule has 0 saturated carbocycles. The van der Waals surface area contributed by atoms with Gasteiger partial charge in [0.05, 0.1) is 12.8 Å². The van der Waals surface area contributed by atoms with Crippen molar-refractivity contribution in [3.8, 4) is 11.5 Å². The van der Waals surface area contributed by atoms with Crippen LogP contribution in [0.2, 0.25) is 0 Å². The van der Waals surface area contributed by atoms with Gasteiger partial charge in [0.1, 0.15) is 17.1 Å². The first-order chi connectivity index (χ1) is 9.23. The molecule has 0 aliphatic rings. The molecule has 110 valence electrons. The predicted octanol–water partition coefficient (Wildman–Crippen LogP) is 2.65. The van der Waals surface area contributed by atoms with Crippen LogP contribution in [0.1, 0.15) is 33.3 Å². The maximum absolute atomic E-state index is 11.5. The van der Waals surface area contributed by atoms with E-state index >= 15 is 0 Å². The summed E-state index contributed by atoms with van der Waals surface area (Å²) in [6.07, 6.45) is -0.648. The number of amides is 1. The van der Waals surface area contributed by atoms with E-state index in [0.29, 0.717) is 17.0 Å². The van der Waals surface area contributed by atoms with E-state index in [9.17, 15) is 9.90 Å². The second kappa shape index (κ2) is 6.27. The summed E-state index contributed by atoms with van der Waals surface area (Å²) >= 11 is 0. The number of phenolic OH excluding ortho intramolecular Hbond substituents is 1. The van der Waals surface area contributed by atoms with Crippen molar-refractivity contribution in [3.63, 3.8) is 0 Å². The molecule has 0 radical (unpaired) electrons. The smallest absolute Gasteiger partial charge is 0.428 e. The number of methoxy groups -OCH3 is 1. The molecule has 0 atom stereocenters. The number of hydrogen-bond donors (Lipinski definition) is 2. The SMILES string of the molecule is COc1ccc(C(C)=NNC(=O)OC(C)(C)C)c(O)c1. The number of nitrogens with one attached hydrogen (secondary N) is 1. The van der Waals surface area contributed by atoms with Crippen molar-refractivity contribution >= 4 is 11.8 Å². The van der Waals surface area contributed by atoms with Crippen LogP contribution in [0.5, 0.6) is 11.5 Å². The number of benzene rings is 1. The van der Waals surface area contributed by atoms with Gasteiger partial charge in [0, 0.05) is 11.6 Å². The standard InChI is InChI=1S/C14H20N2O4/c1-9(15-16-13(18)20-14(2,3)4)11-7-6-10(19-5)8-12(11)17/h6-8,17H,1-5H3,(H,16,18). The van der Waals surface area contributed by atoms with Gasteiger partial charge in [-0.05, 0) is 39.8 Å². The van der Waals surface area contributed by atoms with Crippen molar-refractivity contribution in [2.45, 2.75) is 33.3 Å². The average molecular weight is 280 g/mol. The molecule has 0 spiro atoms. The van der Waals surface area contributed by atoms with Gasteiger partial charge >= 0.3 is 6.09 Å². The molecule has 0 bridgehead atoms. The van der Waals surface area contributed by atoms with Crippen LogP contribution in [0.3, 0.4) is 0 Å². The van der Waals surface area contributed by atoms with E-state index in [2.05, 4.69) is 10.5 Å². The van der Waals surface area contributed by atoms with Gasteiger partial charge in [-0.15, -0.1) is 0 Å². The Morgan fingerprint density at radius 2 is 2.00 bits per heavy atom. The Morgan fingerprint density at radius 3 is 2.50 bits per heavy atom. The Bertz CT molecular complexity index is 518. The Balaban J connectivity index is 2.77. The first-order valence-electron chi connectivity index (χ1n) is 6.13. The molecule has 1 aromatic rings. The summed E-state index contributed by atoms with van der Waals surface area (Å²) in [5, 5.41) is 13.7. The van der Waals surface area contributed by atoms with Crippen LogP contribution in [0, 0.1) is 0 Å². The molecular formula is C14H20N2O4. The summed E-state index contributed by atoms with van der Waals surface area (Å²) in [5.74, 6) is 0.566. The molecule has 6 nitrogen and oxygen atoms in total. The molecule has 0 aromatic heterocycles. The van der Waals surface area contributed by atoms with Crippen LogP contribution >= 0.6 is 0 Å². The number of hydrogen-bond acceptors (Lipinski definition) is 5. The Hall–Kier alpha value is -2.24. The lowest BCUT2D eigenvalue weighted by molar-refractivity contribution is 0.0529. The van der Waals surface area contributed by atoms with Crippen LogP contribution in [0.15, 0.2) is 23.3 Å². The second-order valence-electron chi connectivity index (χ2n) is 5.19. The Morgan fingerprint density at radius 1 is 1.35 bits per heavy atom.